The van der Waals surface area contributed by atoms with Crippen LogP contribution in [0.3, 0.4) is 0 Å². The molecule has 2 unspecified atom stereocenters. The third-order valence-corrected chi connectivity index (χ3v) is 14.7. The Morgan fingerprint density at radius 1 is 1.04 bits per heavy atom. The van der Waals surface area contributed by atoms with E-state index in [-0.39, 0.29) is 12.3 Å². The third-order valence-electron chi connectivity index (χ3n) is 4.57. The van der Waals surface area contributed by atoms with Crippen LogP contribution >= 0.6 is 17.3 Å². The molecule has 1 rings (SSSR count). The molecule has 1 fully saturated rings. The van der Waals surface area contributed by atoms with Crippen LogP contribution in [0, 0.1) is 0 Å². The van der Waals surface area contributed by atoms with Gasteiger partial charge >= 0.3 is 0 Å². The van der Waals surface area contributed by atoms with E-state index >= 15 is 0 Å². The van der Waals surface area contributed by atoms with Gasteiger partial charge in [0.1, 0.15) is 4.99 Å². The van der Waals surface area contributed by atoms with Crippen molar-refractivity contribution in [2.75, 3.05) is 12.3 Å². The minimum atomic E-state index is -3.50. The number of carbonyl (C=O) groups is 1. The van der Waals surface area contributed by atoms with Crippen molar-refractivity contribution in [2.24, 2.45) is 0 Å². The van der Waals surface area contributed by atoms with Crippen LogP contribution in [0.2, 0.25) is 0 Å². The molecule has 0 aromatic carbocycles. The average Bonchev–Trinajstić information content (AvgIpc) is 2.79. The Morgan fingerprint density at radius 3 is 2.08 bits per heavy atom. The molecule has 0 aromatic heterocycles. The number of rotatable bonds is 14. The highest BCUT2D eigenvalue weighted by molar-refractivity contribution is 8.65. The molecule has 1 heterocycles. The molecule has 148 valence electrons. The zero-order valence-corrected chi connectivity index (χ0v) is 19.1. The summed E-state index contributed by atoms with van der Waals surface area (Å²) in [5, 5.41) is 0. The van der Waals surface area contributed by atoms with Gasteiger partial charge in [-0.05, 0) is 12.2 Å². The summed E-state index contributed by atoms with van der Waals surface area (Å²) in [7, 11) is -3.50. The molecular formula is C17H34NO3PS3. The molecule has 8 heteroatoms. The Balaban J connectivity index is 2.24. The zero-order valence-electron chi connectivity index (χ0n) is 15.7. The van der Waals surface area contributed by atoms with Crippen molar-refractivity contribution in [1.82, 2.24) is 4.31 Å². The largest absolute Gasteiger partial charge is 0.274 e. The number of nitrogens with zero attached hydrogens (tertiary/aromatic N) is 1. The van der Waals surface area contributed by atoms with Crippen molar-refractivity contribution in [3.8, 4) is 0 Å². The maximum atomic E-state index is 12.6. The summed E-state index contributed by atoms with van der Waals surface area (Å²) in [5.74, 6) is -0.921. The first-order valence-corrected chi connectivity index (χ1v) is 15.6. The van der Waals surface area contributed by atoms with Gasteiger partial charge in [-0.1, -0.05) is 83.4 Å². The van der Waals surface area contributed by atoms with E-state index in [1.165, 1.54) is 56.3 Å². The first-order valence-electron chi connectivity index (χ1n) is 9.66. The van der Waals surface area contributed by atoms with Gasteiger partial charge in [0.15, 0.2) is 0 Å². The molecule has 0 radical (unpaired) electrons. The second-order valence-electron chi connectivity index (χ2n) is 6.64. The summed E-state index contributed by atoms with van der Waals surface area (Å²) in [6, 6.07) is 0. The van der Waals surface area contributed by atoms with Crippen LogP contribution in [0.1, 0.15) is 84.5 Å². The Bertz CT molecular complexity index is 525. The maximum absolute atomic E-state index is 12.6. The van der Waals surface area contributed by atoms with Crippen molar-refractivity contribution in [2.45, 2.75) is 89.5 Å². The summed E-state index contributed by atoms with van der Waals surface area (Å²) in [6.07, 6.45) is 12.1. The van der Waals surface area contributed by atoms with Crippen LogP contribution in [0.4, 0.5) is 0 Å². The van der Waals surface area contributed by atoms with Crippen molar-refractivity contribution < 1.29 is 13.2 Å². The molecule has 0 saturated carbocycles. The number of sulfonamides is 1. The first-order chi connectivity index (χ1) is 11.9. The van der Waals surface area contributed by atoms with Crippen LogP contribution in [0.25, 0.3) is 0 Å². The van der Waals surface area contributed by atoms with Gasteiger partial charge in [-0.25, -0.2) is 12.7 Å². The number of hydrogen-bond acceptors (Lipinski definition) is 5. The lowest BCUT2D eigenvalue weighted by molar-refractivity contribution is -0.125. The van der Waals surface area contributed by atoms with Crippen LogP contribution < -0.4 is 0 Å². The van der Waals surface area contributed by atoms with Crippen LogP contribution in [0.5, 0.6) is 0 Å². The SMILES string of the molecule is CCCCCCCCCCCCN1C(=O)CC([PH](=S)SCC)S1(=O)=O. The number of hydrogen-bond donors (Lipinski definition) is 0. The van der Waals surface area contributed by atoms with E-state index in [1.54, 1.807) is 0 Å². The van der Waals surface area contributed by atoms with Gasteiger partial charge in [0.25, 0.3) is 0 Å². The fourth-order valence-corrected chi connectivity index (χ4v) is 12.4. The van der Waals surface area contributed by atoms with E-state index in [9.17, 15) is 13.2 Å². The highest BCUT2D eigenvalue weighted by atomic mass is 32.9. The second-order valence-corrected chi connectivity index (χ2v) is 15.6. The van der Waals surface area contributed by atoms with E-state index in [2.05, 4.69) is 6.92 Å². The van der Waals surface area contributed by atoms with Crippen molar-refractivity contribution in [3.05, 3.63) is 0 Å². The van der Waals surface area contributed by atoms with Gasteiger partial charge in [0, 0.05) is 12.4 Å². The zero-order chi connectivity index (χ0) is 18.7. The van der Waals surface area contributed by atoms with Gasteiger partial charge in [-0.15, -0.1) is 11.4 Å². The molecule has 0 aromatic rings. The molecule has 0 N–H and O–H groups in total. The lowest BCUT2D eigenvalue weighted by Crippen LogP contribution is -2.32. The van der Waals surface area contributed by atoms with E-state index in [1.807, 2.05) is 6.92 Å². The summed E-state index contributed by atoms with van der Waals surface area (Å²) in [4.78, 5) is 11.5. The van der Waals surface area contributed by atoms with Gasteiger partial charge in [-0.2, -0.15) is 0 Å². The maximum Gasteiger partial charge on any atom is 0.246 e. The molecule has 1 aliphatic rings. The van der Waals surface area contributed by atoms with Gasteiger partial charge < -0.3 is 0 Å². The van der Waals surface area contributed by atoms with Crippen LogP contribution in [-0.2, 0) is 26.6 Å². The molecule has 2 atom stereocenters. The topological polar surface area (TPSA) is 54.5 Å². The monoisotopic (exact) mass is 427 g/mol. The summed E-state index contributed by atoms with van der Waals surface area (Å²) >= 11 is 6.92. The minimum absolute atomic E-state index is 0.102. The quantitative estimate of drug-likeness (QED) is 0.284. The summed E-state index contributed by atoms with van der Waals surface area (Å²) < 4.78 is 26.2. The number of unbranched alkanes of at least 4 members (excludes halogenated alkanes) is 9. The van der Waals surface area contributed by atoms with Crippen LogP contribution in [0.15, 0.2) is 0 Å². The summed E-state index contributed by atoms with van der Waals surface area (Å²) in [6.45, 7) is 4.55. The molecule has 0 aliphatic carbocycles. The minimum Gasteiger partial charge on any atom is -0.274 e. The lowest BCUT2D eigenvalue weighted by atomic mass is 10.1. The highest BCUT2D eigenvalue weighted by Gasteiger charge is 2.45. The molecular weight excluding hydrogens is 393 g/mol. The van der Waals surface area contributed by atoms with E-state index in [0.717, 1.165) is 29.3 Å². The smallest absolute Gasteiger partial charge is 0.246 e. The van der Waals surface area contributed by atoms with E-state index in [4.69, 9.17) is 11.8 Å². The Morgan fingerprint density at radius 2 is 1.56 bits per heavy atom. The Labute approximate surface area is 164 Å². The molecule has 1 saturated heterocycles. The fourth-order valence-electron chi connectivity index (χ4n) is 3.10. The van der Waals surface area contributed by atoms with Gasteiger partial charge in [0.2, 0.25) is 15.9 Å². The first kappa shape index (κ1) is 23.5. The molecule has 25 heavy (non-hydrogen) atoms. The van der Waals surface area contributed by atoms with Gasteiger partial charge in [0.05, 0.1) is 6.42 Å². The third kappa shape index (κ3) is 7.90. The van der Waals surface area contributed by atoms with Crippen LogP contribution in [-0.4, -0.2) is 35.9 Å². The van der Waals surface area contributed by atoms with E-state index in [0.29, 0.717) is 6.54 Å². The predicted molar refractivity (Wildman–Crippen MR) is 115 cm³/mol. The average molecular weight is 428 g/mol. The van der Waals surface area contributed by atoms with E-state index < -0.39 is 20.9 Å². The van der Waals surface area contributed by atoms with Crippen molar-refractivity contribution >= 4 is 45.0 Å². The normalized spacial score (nSPS) is 21.0. The fraction of sp³-hybridized carbons (Fsp3) is 0.941. The number of carbonyl (C=O) groups excluding carboxylic acids is 1. The second kappa shape index (κ2) is 12.7. The molecule has 0 spiro atoms. The molecule has 1 amide bonds. The number of amides is 1. The predicted octanol–water partition coefficient (Wildman–Crippen LogP) is 5.14. The van der Waals surface area contributed by atoms with Gasteiger partial charge in [-0.3, -0.25) is 4.79 Å². The highest BCUT2D eigenvalue weighted by Crippen LogP contribution is 2.50. The molecule has 0 bridgehead atoms. The standard InChI is InChI=1S/C17H34NO3PS3/c1-3-5-6-7-8-9-10-11-12-13-14-18-16(19)15-17(25(18,20)21)22(23)24-4-2/h17,22H,3-15H2,1-2H3. The lowest BCUT2D eigenvalue weighted by Gasteiger charge is -2.17. The van der Waals surface area contributed by atoms with Crippen molar-refractivity contribution in [3.63, 3.8) is 0 Å². The van der Waals surface area contributed by atoms with Crippen molar-refractivity contribution in [1.29, 1.82) is 0 Å². The Hall–Kier alpha value is 0.420. The molecule has 4 nitrogen and oxygen atoms in total. The summed E-state index contributed by atoms with van der Waals surface area (Å²) in [5.41, 5.74) is 0. The molecule has 1 aliphatic heterocycles. The Kier molecular flexibility index (Phi) is 12.0.